The number of hydrogen-bond donors (Lipinski definition) is 0. The summed E-state index contributed by atoms with van der Waals surface area (Å²) in [7, 11) is 1.61. The average Bonchev–Trinajstić information content (AvgIpc) is 3.49. The zero-order valence-corrected chi connectivity index (χ0v) is 18.6. The van der Waals surface area contributed by atoms with Gasteiger partial charge in [-0.15, -0.1) is 0 Å². The first-order chi connectivity index (χ1) is 16.0. The molecule has 1 aliphatic heterocycles. The Morgan fingerprint density at radius 3 is 2.61 bits per heavy atom. The Balaban J connectivity index is 1.57. The molecular weight excluding hydrogens is 422 g/mol. The molecule has 5 rings (SSSR count). The fraction of sp³-hybridized carbons (Fsp3) is 0.320. The van der Waals surface area contributed by atoms with Gasteiger partial charge in [-0.1, -0.05) is 12.1 Å². The minimum absolute atomic E-state index is 0.125. The van der Waals surface area contributed by atoms with Gasteiger partial charge in [0, 0.05) is 12.2 Å². The van der Waals surface area contributed by atoms with Crippen molar-refractivity contribution in [2.45, 2.75) is 39.0 Å². The van der Waals surface area contributed by atoms with Crippen molar-refractivity contribution in [2.24, 2.45) is 0 Å². The fourth-order valence-corrected chi connectivity index (χ4v) is 4.26. The van der Waals surface area contributed by atoms with Gasteiger partial charge in [0.1, 0.15) is 17.2 Å². The molecule has 1 atom stereocenters. The Labute approximate surface area is 190 Å². The van der Waals surface area contributed by atoms with Gasteiger partial charge in [0.2, 0.25) is 5.89 Å². The summed E-state index contributed by atoms with van der Waals surface area (Å²) in [6.07, 6.45) is 1.65. The molecule has 0 amide bonds. The van der Waals surface area contributed by atoms with Crippen LogP contribution in [0.15, 0.2) is 62.5 Å². The van der Waals surface area contributed by atoms with Gasteiger partial charge in [-0.05, 0) is 56.2 Å². The molecule has 1 fully saturated rings. The smallest absolute Gasteiger partial charge is 0.331 e. The number of aryl methyl sites for hydroxylation is 1. The summed E-state index contributed by atoms with van der Waals surface area (Å²) in [6.45, 7) is 2.92. The van der Waals surface area contributed by atoms with E-state index in [9.17, 15) is 9.59 Å². The largest absolute Gasteiger partial charge is 0.497 e. The molecule has 2 aromatic heterocycles. The van der Waals surface area contributed by atoms with E-state index in [-0.39, 0.29) is 30.4 Å². The second-order valence-electron chi connectivity index (χ2n) is 8.19. The molecule has 1 saturated heterocycles. The average molecular weight is 447 g/mol. The summed E-state index contributed by atoms with van der Waals surface area (Å²) < 4.78 is 19.7. The maximum absolute atomic E-state index is 13.5. The van der Waals surface area contributed by atoms with Crippen molar-refractivity contribution in [1.29, 1.82) is 0 Å². The quantitative estimate of drug-likeness (QED) is 0.450. The Morgan fingerprint density at radius 1 is 1.09 bits per heavy atom. The summed E-state index contributed by atoms with van der Waals surface area (Å²) in [5.41, 5.74) is 1.35. The molecule has 170 valence electrons. The van der Waals surface area contributed by atoms with E-state index in [2.05, 4.69) is 4.98 Å². The van der Waals surface area contributed by atoms with Crippen molar-refractivity contribution >= 4 is 10.9 Å². The third-order valence-corrected chi connectivity index (χ3v) is 6.08. The van der Waals surface area contributed by atoms with E-state index >= 15 is 0 Å². The number of rotatable bonds is 6. The molecule has 0 N–H and O–H groups in total. The lowest BCUT2D eigenvalue weighted by atomic mass is 10.2. The summed E-state index contributed by atoms with van der Waals surface area (Å²) >= 11 is 0. The lowest BCUT2D eigenvalue weighted by Crippen LogP contribution is -2.42. The topological polar surface area (TPSA) is 88.5 Å². The van der Waals surface area contributed by atoms with Crippen LogP contribution in [0, 0.1) is 6.92 Å². The Bertz CT molecular complexity index is 1410. The van der Waals surface area contributed by atoms with Gasteiger partial charge in [0.25, 0.3) is 5.56 Å². The van der Waals surface area contributed by atoms with Crippen LogP contribution in [0.3, 0.4) is 0 Å². The maximum Gasteiger partial charge on any atom is 0.331 e. The van der Waals surface area contributed by atoms with Crippen LogP contribution in [0.5, 0.6) is 5.75 Å². The molecule has 8 nitrogen and oxygen atoms in total. The normalized spacial score (nSPS) is 15.9. The van der Waals surface area contributed by atoms with E-state index in [0.717, 1.165) is 24.2 Å². The summed E-state index contributed by atoms with van der Waals surface area (Å²) in [5.74, 6) is 1.83. The van der Waals surface area contributed by atoms with Crippen LogP contribution in [0.2, 0.25) is 0 Å². The Hall–Kier alpha value is -3.65. The van der Waals surface area contributed by atoms with Gasteiger partial charge in [-0.2, -0.15) is 0 Å². The highest BCUT2D eigenvalue weighted by molar-refractivity contribution is 5.77. The minimum atomic E-state index is -0.373. The number of nitrogens with zero attached hydrogens (tertiary/aromatic N) is 3. The summed E-state index contributed by atoms with van der Waals surface area (Å²) in [6, 6.07) is 14.6. The second kappa shape index (κ2) is 8.71. The van der Waals surface area contributed by atoms with Crippen LogP contribution < -0.4 is 16.0 Å². The molecule has 4 aromatic rings. The van der Waals surface area contributed by atoms with Gasteiger partial charge < -0.3 is 13.9 Å². The number of hydrogen-bond acceptors (Lipinski definition) is 6. The fourth-order valence-electron chi connectivity index (χ4n) is 4.26. The van der Waals surface area contributed by atoms with Crippen molar-refractivity contribution < 1.29 is 13.9 Å². The molecule has 2 aromatic carbocycles. The van der Waals surface area contributed by atoms with E-state index in [1.165, 1.54) is 4.57 Å². The van der Waals surface area contributed by atoms with Crippen LogP contribution in [0.1, 0.15) is 24.3 Å². The molecule has 0 bridgehead atoms. The molecule has 3 heterocycles. The van der Waals surface area contributed by atoms with Gasteiger partial charge >= 0.3 is 5.69 Å². The minimum Gasteiger partial charge on any atom is -0.497 e. The number of benzene rings is 2. The van der Waals surface area contributed by atoms with Crippen LogP contribution in [0.25, 0.3) is 22.4 Å². The van der Waals surface area contributed by atoms with Crippen molar-refractivity contribution in [3.05, 3.63) is 80.8 Å². The second-order valence-corrected chi connectivity index (χ2v) is 8.19. The Morgan fingerprint density at radius 2 is 1.88 bits per heavy atom. The van der Waals surface area contributed by atoms with Crippen molar-refractivity contribution in [1.82, 2.24) is 14.1 Å². The molecule has 0 aliphatic carbocycles. The van der Waals surface area contributed by atoms with E-state index in [4.69, 9.17) is 13.9 Å². The number of para-hydroxylation sites is 1. The molecule has 0 radical (unpaired) electrons. The van der Waals surface area contributed by atoms with Gasteiger partial charge in [-0.25, -0.2) is 9.78 Å². The predicted molar refractivity (Wildman–Crippen MR) is 124 cm³/mol. The lowest BCUT2D eigenvalue weighted by Gasteiger charge is -2.16. The Kier molecular flexibility index (Phi) is 5.60. The van der Waals surface area contributed by atoms with Crippen LogP contribution in [-0.4, -0.2) is 33.9 Å². The zero-order chi connectivity index (χ0) is 22.9. The highest BCUT2D eigenvalue weighted by Crippen LogP contribution is 2.25. The molecular formula is C25H25N3O5. The summed E-state index contributed by atoms with van der Waals surface area (Å²) in [5, 5.41) is 0.492. The van der Waals surface area contributed by atoms with Gasteiger partial charge in [0.15, 0.2) is 0 Å². The first-order valence-electron chi connectivity index (χ1n) is 11.0. The molecule has 1 aliphatic rings. The first kappa shape index (κ1) is 21.2. The van der Waals surface area contributed by atoms with Crippen molar-refractivity contribution in [3.8, 4) is 17.2 Å². The van der Waals surface area contributed by atoms with E-state index in [0.29, 0.717) is 34.9 Å². The van der Waals surface area contributed by atoms with Crippen molar-refractivity contribution in [2.75, 3.05) is 13.7 Å². The highest BCUT2D eigenvalue weighted by atomic mass is 16.5. The monoisotopic (exact) mass is 447 g/mol. The molecule has 8 heteroatoms. The molecule has 33 heavy (non-hydrogen) atoms. The molecule has 0 saturated carbocycles. The predicted octanol–water partition coefficient (Wildman–Crippen LogP) is 3.36. The molecule has 0 spiro atoms. The summed E-state index contributed by atoms with van der Waals surface area (Å²) in [4.78, 5) is 31.2. The third kappa shape index (κ3) is 3.98. The number of fused-ring (bicyclic) bond motifs is 1. The van der Waals surface area contributed by atoms with E-state index in [1.807, 2.05) is 37.3 Å². The zero-order valence-electron chi connectivity index (χ0n) is 18.6. The SMILES string of the molecule is COc1ccc(-c2nc(Cn3c(=O)n(CC4CCCO4)c(=O)c4ccccc43)c(C)o2)cc1. The first-order valence-corrected chi connectivity index (χ1v) is 11.0. The highest BCUT2D eigenvalue weighted by Gasteiger charge is 2.21. The van der Waals surface area contributed by atoms with Gasteiger partial charge in [-0.3, -0.25) is 13.9 Å². The van der Waals surface area contributed by atoms with E-state index in [1.54, 1.807) is 29.9 Å². The number of aromatic nitrogens is 3. The van der Waals surface area contributed by atoms with Crippen LogP contribution in [-0.2, 0) is 17.8 Å². The maximum atomic E-state index is 13.5. The van der Waals surface area contributed by atoms with E-state index < -0.39 is 0 Å². The van der Waals surface area contributed by atoms with Crippen molar-refractivity contribution in [3.63, 3.8) is 0 Å². The number of methoxy groups -OCH3 is 1. The van der Waals surface area contributed by atoms with Crippen LogP contribution >= 0.6 is 0 Å². The van der Waals surface area contributed by atoms with Crippen LogP contribution in [0.4, 0.5) is 0 Å². The third-order valence-electron chi connectivity index (χ3n) is 6.08. The molecule has 1 unspecified atom stereocenters. The number of ether oxygens (including phenoxy) is 2. The lowest BCUT2D eigenvalue weighted by molar-refractivity contribution is 0.0948. The standard InChI is InChI=1S/C25H25N3O5/c1-16-21(26-23(33-16)17-9-11-18(31-2)12-10-17)15-27-22-8-4-3-7-20(22)24(29)28(25(27)30)14-19-6-5-13-32-19/h3-4,7-12,19H,5-6,13-15H2,1-2H3. The number of oxazole rings is 1. The van der Waals surface area contributed by atoms with Gasteiger partial charge in [0.05, 0.1) is 37.2 Å².